The highest BCUT2D eigenvalue weighted by Gasteiger charge is 2.46. The van der Waals surface area contributed by atoms with Gasteiger partial charge in [-0.25, -0.2) is 0 Å². The molecule has 3 unspecified atom stereocenters. The van der Waals surface area contributed by atoms with Crippen LogP contribution in [0.1, 0.15) is 6.92 Å². The van der Waals surface area contributed by atoms with E-state index in [1.54, 1.807) is 13.2 Å². The number of alkyl halides is 1. The Hall–Kier alpha value is 0.440. The van der Waals surface area contributed by atoms with Crippen molar-refractivity contribution in [2.45, 2.75) is 48.2 Å². The van der Waals surface area contributed by atoms with Gasteiger partial charge in [-0.15, -0.1) is 23.4 Å². The molecule has 7 heteroatoms. The standard InChI is InChI=1S/C9H18ClNO4S/c1-3(10)4(11)8-6(13)5(12)7(14)9(15-8)16-2/h3-9,12-14H,11H2,1-2H3/t3-,4+,5?,6?,7+,8+,9?/m0/s1. The molecule has 96 valence electrons. The first kappa shape index (κ1) is 14.5. The van der Waals surface area contributed by atoms with Crippen LogP contribution >= 0.6 is 23.4 Å². The van der Waals surface area contributed by atoms with Crippen LogP contribution in [0.25, 0.3) is 0 Å². The molecule has 5 N–H and O–H groups in total. The lowest BCUT2D eigenvalue weighted by Gasteiger charge is -2.42. The lowest BCUT2D eigenvalue weighted by atomic mass is 9.94. The average Bonchev–Trinajstić information content (AvgIpc) is 2.25. The fraction of sp³-hybridized carbons (Fsp3) is 1.00. The van der Waals surface area contributed by atoms with Crippen LogP contribution in [0.4, 0.5) is 0 Å². The summed E-state index contributed by atoms with van der Waals surface area (Å²) in [6, 6.07) is -0.603. The molecule has 7 atom stereocenters. The third-order valence-corrected chi connectivity index (χ3v) is 3.89. The molecule has 0 aliphatic carbocycles. The number of hydrogen-bond acceptors (Lipinski definition) is 6. The highest BCUT2D eigenvalue weighted by Crippen LogP contribution is 2.29. The molecule has 0 amide bonds. The van der Waals surface area contributed by atoms with Gasteiger partial charge in [0.2, 0.25) is 0 Å². The van der Waals surface area contributed by atoms with E-state index in [4.69, 9.17) is 22.1 Å². The summed E-state index contributed by atoms with van der Waals surface area (Å²) in [6.07, 6.45) is -2.65. The molecular weight excluding hydrogens is 254 g/mol. The summed E-state index contributed by atoms with van der Waals surface area (Å²) in [5.41, 5.74) is 5.18. The second-order valence-corrected chi connectivity index (χ2v) is 5.56. The summed E-state index contributed by atoms with van der Waals surface area (Å²) >= 11 is 7.09. The molecule has 0 aromatic rings. The van der Waals surface area contributed by atoms with Crippen LogP contribution in [0, 0.1) is 0 Å². The molecule has 1 fully saturated rings. The molecule has 1 rings (SSSR count). The Bertz CT molecular complexity index is 232. The van der Waals surface area contributed by atoms with Gasteiger partial charge in [0, 0.05) is 11.4 Å². The number of thioether (sulfide) groups is 1. The van der Waals surface area contributed by atoms with Gasteiger partial charge in [-0.2, -0.15) is 0 Å². The number of aliphatic hydroxyl groups is 3. The van der Waals surface area contributed by atoms with Crippen LogP contribution < -0.4 is 5.73 Å². The SMILES string of the molecule is CSC1O[C@H]([C@H](N)[C@H](C)Cl)C(O)C(O)[C@H]1O. The summed E-state index contributed by atoms with van der Waals surface area (Å²) in [4.78, 5) is 0. The Morgan fingerprint density at radius 1 is 1.25 bits per heavy atom. The lowest BCUT2D eigenvalue weighted by molar-refractivity contribution is -0.202. The fourth-order valence-corrected chi connectivity index (χ4v) is 2.47. The topological polar surface area (TPSA) is 95.9 Å². The molecule has 0 aromatic carbocycles. The first-order chi connectivity index (χ1) is 7.40. The van der Waals surface area contributed by atoms with Crippen LogP contribution in [0.3, 0.4) is 0 Å². The second kappa shape index (κ2) is 5.86. The quantitative estimate of drug-likeness (QED) is 0.498. The minimum atomic E-state index is -1.27. The zero-order valence-electron chi connectivity index (χ0n) is 9.15. The van der Waals surface area contributed by atoms with Gasteiger partial charge >= 0.3 is 0 Å². The molecule has 0 radical (unpaired) electrons. The van der Waals surface area contributed by atoms with Crippen molar-refractivity contribution < 1.29 is 20.1 Å². The van der Waals surface area contributed by atoms with Crippen molar-refractivity contribution in [1.82, 2.24) is 0 Å². The van der Waals surface area contributed by atoms with Crippen molar-refractivity contribution in [3.8, 4) is 0 Å². The Labute approximate surface area is 104 Å². The van der Waals surface area contributed by atoms with Crippen molar-refractivity contribution in [2.24, 2.45) is 5.73 Å². The first-order valence-electron chi connectivity index (χ1n) is 5.02. The van der Waals surface area contributed by atoms with E-state index in [0.29, 0.717) is 0 Å². The van der Waals surface area contributed by atoms with Gasteiger partial charge in [0.1, 0.15) is 29.9 Å². The molecule has 0 bridgehead atoms. The molecule has 0 saturated carbocycles. The Morgan fingerprint density at radius 3 is 2.25 bits per heavy atom. The maximum absolute atomic E-state index is 9.76. The van der Waals surface area contributed by atoms with E-state index in [1.165, 1.54) is 11.8 Å². The second-order valence-electron chi connectivity index (χ2n) is 3.93. The summed E-state index contributed by atoms with van der Waals surface area (Å²) < 4.78 is 5.45. The predicted molar refractivity (Wildman–Crippen MR) is 63.5 cm³/mol. The van der Waals surface area contributed by atoms with E-state index >= 15 is 0 Å². The van der Waals surface area contributed by atoms with E-state index < -0.39 is 41.3 Å². The van der Waals surface area contributed by atoms with Crippen molar-refractivity contribution >= 4 is 23.4 Å². The number of halogens is 1. The van der Waals surface area contributed by atoms with Crippen molar-refractivity contribution in [3.63, 3.8) is 0 Å². The minimum Gasteiger partial charge on any atom is -0.388 e. The fourth-order valence-electron chi connectivity index (χ4n) is 1.65. The summed E-state index contributed by atoms with van der Waals surface area (Å²) in [5.74, 6) is 0. The van der Waals surface area contributed by atoms with Crippen molar-refractivity contribution in [1.29, 1.82) is 0 Å². The summed E-state index contributed by atoms with van der Waals surface area (Å²) in [6.45, 7) is 1.69. The first-order valence-corrected chi connectivity index (χ1v) is 6.74. The molecule has 5 nitrogen and oxygen atoms in total. The van der Waals surface area contributed by atoms with Gasteiger partial charge in [0.15, 0.2) is 0 Å². The van der Waals surface area contributed by atoms with E-state index in [0.717, 1.165) is 0 Å². The van der Waals surface area contributed by atoms with Gasteiger partial charge in [0.25, 0.3) is 0 Å². The Kier molecular flexibility index (Phi) is 5.31. The molecule has 16 heavy (non-hydrogen) atoms. The highest BCUT2D eigenvalue weighted by molar-refractivity contribution is 7.99. The van der Waals surface area contributed by atoms with Crippen LogP contribution in [0.15, 0.2) is 0 Å². The number of hydrogen-bond donors (Lipinski definition) is 4. The largest absolute Gasteiger partial charge is 0.388 e. The number of rotatable bonds is 3. The average molecular weight is 272 g/mol. The monoisotopic (exact) mass is 271 g/mol. The molecule has 1 heterocycles. The predicted octanol–water partition coefficient (Wildman–Crippen LogP) is -0.888. The van der Waals surface area contributed by atoms with Crippen LogP contribution in [0.5, 0.6) is 0 Å². The van der Waals surface area contributed by atoms with E-state index in [9.17, 15) is 15.3 Å². The Balaban J connectivity index is 2.78. The number of aliphatic hydroxyl groups excluding tert-OH is 3. The van der Waals surface area contributed by atoms with Crippen LogP contribution in [-0.2, 0) is 4.74 Å². The maximum Gasteiger partial charge on any atom is 0.132 e. The zero-order valence-corrected chi connectivity index (χ0v) is 10.7. The third-order valence-electron chi connectivity index (χ3n) is 2.75. The van der Waals surface area contributed by atoms with E-state index in [2.05, 4.69) is 0 Å². The van der Waals surface area contributed by atoms with Gasteiger partial charge in [0.05, 0.1) is 0 Å². The molecular formula is C9H18ClNO4S. The smallest absolute Gasteiger partial charge is 0.132 e. The third kappa shape index (κ3) is 2.81. The maximum atomic E-state index is 9.76. The van der Waals surface area contributed by atoms with E-state index in [-0.39, 0.29) is 0 Å². The van der Waals surface area contributed by atoms with Crippen molar-refractivity contribution in [3.05, 3.63) is 0 Å². The number of ether oxygens (including phenoxy) is 1. The molecule has 0 aromatic heterocycles. The molecule has 0 spiro atoms. The summed E-state index contributed by atoms with van der Waals surface area (Å²) in [5, 5.41) is 28.6. The minimum absolute atomic E-state index is 0.399. The van der Waals surface area contributed by atoms with Crippen molar-refractivity contribution in [2.75, 3.05) is 6.26 Å². The molecule has 1 saturated heterocycles. The normalized spacial score (nSPS) is 44.1. The van der Waals surface area contributed by atoms with E-state index in [1.807, 2.05) is 0 Å². The van der Waals surface area contributed by atoms with Crippen LogP contribution in [-0.4, -0.2) is 62.8 Å². The van der Waals surface area contributed by atoms with Gasteiger partial charge in [-0.1, -0.05) is 0 Å². The van der Waals surface area contributed by atoms with Gasteiger partial charge < -0.3 is 25.8 Å². The molecule has 1 aliphatic heterocycles. The number of nitrogens with two attached hydrogens (primary N) is 1. The molecule has 1 aliphatic rings. The lowest BCUT2D eigenvalue weighted by Crippen LogP contribution is -2.62. The Morgan fingerprint density at radius 2 is 1.81 bits per heavy atom. The zero-order chi connectivity index (χ0) is 12.5. The highest BCUT2D eigenvalue weighted by atomic mass is 35.5. The van der Waals surface area contributed by atoms with Gasteiger partial charge in [-0.3, -0.25) is 0 Å². The summed E-state index contributed by atoms with van der Waals surface area (Å²) in [7, 11) is 0. The van der Waals surface area contributed by atoms with Crippen LogP contribution in [0.2, 0.25) is 0 Å². The van der Waals surface area contributed by atoms with Gasteiger partial charge in [-0.05, 0) is 13.2 Å².